The van der Waals surface area contributed by atoms with Gasteiger partial charge in [0.1, 0.15) is 11.3 Å². The SMILES string of the molecule is CCn1nc(C(=O)N(CCN(C)C)c2nc3c(OC)ccc(Cl)c3s2)cc1C. The van der Waals surface area contributed by atoms with E-state index >= 15 is 0 Å². The standard InChI is InChI=1S/C19H24ClN5O2S/c1-6-25-12(2)11-14(22-25)18(26)24(10-9-23(3)4)19-21-16-15(27-5)8-7-13(20)17(16)28-19/h7-8,11H,6,9-10H2,1-5H3. The van der Waals surface area contributed by atoms with Crippen molar-refractivity contribution in [1.29, 1.82) is 0 Å². The van der Waals surface area contributed by atoms with E-state index < -0.39 is 0 Å². The Labute approximate surface area is 173 Å². The zero-order valence-electron chi connectivity index (χ0n) is 16.7. The Kier molecular flexibility index (Phi) is 6.22. The predicted octanol–water partition coefficient (Wildman–Crippen LogP) is 3.69. The van der Waals surface area contributed by atoms with E-state index in [0.29, 0.717) is 46.7 Å². The average molecular weight is 422 g/mol. The van der Waals surface area contributed by atoms with Crippen LogP contribution in [0.25, 0.3) is 10.2 Å². The fraction of sp³-hybridized carbons (Fsp3) is 0.421. The lowest BCUT2D eigenvalue weighted by Crippen LogP contribution is -2.37. The molecule has 0 saturated heterocycles. The minimum Gasteiger partial charge on any atom is -0.494 e. The number of amides is 1. The Morgan fingerprint density at radius 3 is 2.68 bits per heavy atom. The van der Waals surface area contributed by atoms with Crippen molar-refractivity contribution in [3.8, 4) is 5.75 Å². The molecule has 0 fully saturated rings. The fourth-order valence-corrected chi connectivity index (χ4v) is 4.16. The molecule has 1 aromatic carbocycles. The predicted molar refractivity (Wildman–Crippen MR) is 114 cm³/mol. The number of aromatic nitrogens is 3. The molecule has 0 saturated carbocycles. The van der Waals surface area contributed by atoms with E-state index in [1.807, 2.05) is 43.6 Å². The maximum atomic E-state index is 13.3. The normalized spacial score (nSPS) is 11.4. The highest BCUT2D eigenvalue weighted by Crippen LogP contribution is 2.39. The third kappa shape index (κ3) is 3.99. The lowest BCUT2D eigenvalue weighted by molar-refractivity contribution is 0.0979. The molecule has 28 heavy (non-hydrogen) atoms. The van der Waals surface area contributed by atoms with E-state index in [-0.39, 0.29) is 5.91 Å². The summed E-state index contributed by atoms with van der Waals surface area (Å²) in [7, 11) is 5.53. The molecule has 0 N–H and O–H groups in total. The Balaban J connectivity index is 2.05. The largest absolute Gasteiger partial charge is 0.494 e. The minimum atomic E-state index is -0.175. The Bertz CT molecular complexity index is 998. The number of likely N-dealkylation sites (N-methyl/N-ethyl adjacent to an activating group) is 1. The number of nitrogens with zero attached hydrogens (tertiary/aromatic N) is 5. The molecule has 0 spiro atoms. The first kappa shape index (κ1) is 20.6. The molecule has 0 unspecified atom stereocenters. The van der Waals surface area contributed by atoms with E-state index in [1.165, 1.54) is 11.3 Å². The van der Waals surface area contributed by atoms with E-state index in [0.717, 1.165) is 10.4 Å². The quantitative estimate of drug-likeness (QED) is 0.582. The van der Waals surface area contributed by atoms with Crippen LogP contribution in [0, 0.1) is 6.92 Å². The molecule has 9 heteroatoms. The van der Waals surface area contributed by atoms with Crippen molar-refractivity contribution in [2.24, 2.45) is 0 Å². The molecule has 0 aliphatic rings. The number of rotatable bonds is 7. The van der Waals surface area contributed by atoms with Gasteiger partial charge in [0.2, 0.25) is 0 Å². The van der Waals surface area contributed by atoms with E-state index in [2.05, 4.69) is 10.1 Å². The van der Waals surface area contributed by atoms with Gasteiger partial charge in [0.25, 0.3) is 5.91 Å². The summed E-state index contributed by atoms with van der Waals surface area (Å²) in [5, 5.41) is 5.61. The number of carbonyl (C=O) groups excluding carboxylic acids is 1. The molecular weight excluding hydrogens is 398 g/mol. The van der Waals surface area contributed by atoms with Gasteiger partial charge in [-0.1, -0.05) is 22.9 Å². The van der Waals surface area contributed by atoms with Crippen LogP contribution in [0.1, 0.15) is 23.1 Å². The van der Waals surface area contributed by atoms with Gasteiger partial charge in [-0.2, -0.15) is 5.10 Å². The first-order chi connectivity index (χ1) is 13.3. The zero-order chi connectivity index (χ0) is 20.4. The maximum absolute atomic E-state index is 13.3. The number of aryl methyl sites for hydroxylation is 2. The topological polar surface area (TPSA) is 63.5 Å². The van der Waals surface area contributed by atoms with Crippen LogP contribution in [0.3, 0.4) is 0 Å². The van der Waals surface area contributed by atoms with Crippen LogP contribution in [0.4, 0.5) is 5.13 Å². The van der Waals surface area contributed by atoms with Gasteiger partial charge in [-0.3, -0.25) is 14.4 Å². The first-order valence-corrected chi connectivity index (χ1v) is 10.2. The van der Waals surface area contributed by atoms with Gasteiger partial charge in [-0.15, -0.1) is 0 Å². The second kappa shape index (κ2) is 8.46. The van der Waals surface area contributed by atoms with Gasteiger partial charge in [-0.05, 0) is 46.1 Å². The van der Waals surface area contributed by atoms with Crippen molar-refractivity contribution in [2.75, 3.05) is 39.2 Å². The van der Waals surface area contributed by atoms with Crippen LogP contribution in [-0.2, 0) is 6.54 Å². The monoisotopic (exact) mass is 421 g/mol. The number of hydrogen-bond acceptors (Lipinski definition) is 6. The summed E-state index contributed by atoms with van der Waals surface area (Å²) < 4.78 is 8.03. The van der Waals surface area contributed by atoms with Crippen LogP contribution < -0.4 is 9.64 Å². The molecule has 3 rings (SSSR count). The molecule has 0 aliphatic heterocycles. The fourth-order valence-electron chi connectivity index (χ4n) is 2.88. The second-order valence-corrected chi connectivity index (χ2v) is 8.06. The van der Waals surface area contributed by atoms with Crippen LogP contribution in [0.2, 0.25) is 5.02 Å². The number of fused-ring (bicyclic) bond motifs is 1. The number of methoxy groups -OCH3 is 1. The third-order valence-electron chi connectivity index (χ3n) is 4.41. The van der Waals surface area contributed by atoms with Crippen molar-refractivity contribution >= 4 is 44.2 Å². The number of ether oxygens (including phenoxy) is 1. The van der Waals surface area contributed by atoms with Gasteiger partial charge in [-0.25, -0.2) is 4.98 Å². The van der Waals surface area contributed by atoms with Crippen molar-refractivity contribution in [1.82, 2.24) is 19.7 Å². The summed E-state index contributed by atoms with van der Waals surface area (Å²) in [6, 6.07) is 5.38. The number of carbonyl (C=O) groups is 1. The highest BCUT2D eigenvalue weighted by Gasteiger charge is 2.25. The summed E-state index contributed by atoms with van der Waals surface area (Å²) in [6.07, 6.45) is 0. The minimum absolute atomic E-state index is 0.175. The molecule has 1 amide bonds. The number of hydrogen-bond donors (Lipinski definition) is 0. The lowest BCUT2D eigenvalue weighted by atomic mass is 10.3. The Hall–Kier alpha value is -2.16. The molecule has 2 heterocycles. The van der Waals surface area contributed by atoms with E-state index in [1.54, 1.807) is 24.1 Å². The van der Waals surface area contributed by atoms with Gasteiger partial charge in [0.05, 0.1) is 16.8 Å². The lowest BCUT2D eigenvalue weighted by Gasteiger charge is -2.21. The molecule has 2 aromatic heterocycles. The van der Waals surface area contributed by atoms with E-state index in [9.17, 15) is 4.79 Å². The highest BCUT2D eigenvalue weighted by molar-refractivity contribution is 7.23. The molecule has 3 aromatic rings. The number of halogens is 1. The Morgan fingerprint density at radius 2 is 2.07 bits per heavy atom. The van der Waals surface area contributed by atoms with Gasteiger partial charge >= 0.3 is 0 Å². The van der Waals surface area contributed by atoms with Crippen LogP contribution in [0.5, 0.6) is 5.75 Å². The summed E-state index contributed by atoms with van der Waals surface area (Å²) in [5.41, 5.74) is 2.02. The molecule has 0 radical (unpaired) electrons. The van der Waals surface area contributed by atoms with E-state index in [4.69, 9.17) is 16.3 Å². The smallest absolute Gasteiger partial charge is 0.280 e. The maximum Gasteiger partial charge on any atom is 0.280 e. The molecule has 0 bridgehead atoms. The molecule has 7 nitrogen and oxygen atoms in total. The van der Waals surface area contributed by atoms with Crippen LogP contribution >= 0.6 is 22.9 Å². The van der Waals surface area contributed by atoms with Crippen molar-refractivity contribution in [3.05, 3.63) is 34.6 Å². The summed E-state index contributed by atoms with van der Waals surface area (Å²) >= 11 is 7.74. The van der Waals surface area contributed by atoms with Crippen molar-refractivity contribution < 1.29 is 9.53 Å². The number of thiazole rings is 1. The van der Waals surface area contributed by atoms with Crippen molar-refractivity contribution in [3.63, 3.8) is 0 Å². The highest BCUT2D eigenvalue weighted by atomic mass is 35.5. The Morgan fingerprint density at radius 1 is 1.32 bits per heavy atom. The van der Waals surface area contributed by atoms with Crippen LogP contribution in [0.15, 0.2) is 18.2 Å². The number of anilines is 1. The second-order valence-electron chi connectivity index (χ2n) is 6.67. The van der Waals surface area contributed by atoms with Gasteiger partial charge in [0, 0.05) is 25.3 Å². The van der Waals surface area contributed by atoms with Crippen LogP contribution in [-0.4, -0.2) is 59.9 Å². The summed E-state index contributed by atoms with van der Waals surface area (Å²) in [6.45, 7) is 5.84. The molecule has 0 atom stereocenters. The third-order valence-corrected chi connectivity index (χ3v) is 5.95. The molecule has 150 valence electrons. The summed E-state index contributed by atoms with van der Waals surface area (Å²) in [5.74, 6) is 0.458. The van der Waals surface area contributed by atoms with Crippen molar-refractivity contribution in [2.45, 2.75) is 20.4 Å². The van der Waals surface area contributed by atoms with Gasteiger partial charge < -0.3 is 9.64 Å². The first-order valence-electron chi connectivity index (χ1n) is 8.99. The van der Waals surface area contributed by atoms with Gasteiger partial charge in [0.15, 0.2) is 10.8 Å². The summed E-state index contributed by atoms with van der Waals surface area (Å²) in [4.78, 5) is 21.7. The zero-order valence-corrected chi connectivity index (χ0v) is 18.3. The molecular formula is C19H24ClN5O2S. The average Bonchev–Trinajstić information content (AvgIpc) is 3.26. The molecule has 0 aliphatic carbocycles. The number of benzene rings is 1.